The molecule has 3 aromatic carbocycles. The summed E-state index contributed by atoms with van der Waals surface area (Å²) in [6, 6.07) is 24.4. The highest BCUT2D eigenvalue weighted by molar-refractivity contribution is 6.05. The molecule has 0 aliphatic rings. The summed E-state index contributed by atoms with van der Waals surface area (Å²) in [5, 5.41) is 15.4. The molecule has 0 aliphatic carbocycles. The number of hydrazone groups is 1. The number of rotatable bonds is 7. The van der Waals surface area contributed by atoms with E-state index in [4.69, 9.17) is 10.00 Å². The average Bonchev–Trinajstić information content (AvgIpc) is 2.85. The van der Waals surface area contributed by atoms with Gasteiger partial charge in [-0.1, -0.05) is 42.5 Å². The molecule has 7 heteroatoms. The van der Waals surface area contributed by atoms with E-state index in [1.165, 1.54) is 6.21 Å². The zero-order valence-corrected chi connectivity index (χ0v) is 17.3. The SMILES string of the molecule is COc1ccc(C=C(NC(=O)c2ccccc2)C(=O)NN=Cc2ccc(C#N)cc2)cc1. The molecule has 0 aromatic heterocycles. The second-order valence-corrected chi connectivity index (χ2v) is 6.58. The van der Waals surface area contributed by atoms with Crippen molar-refractivity contribution in [1.82, 2.24) is 10.7 Å². The summed E-state index contributed by atoms with van der Waals surface area (Å²) in [6.07, 6.45) is 3.00. The fraction of sp³-hybridized carbons (Fsp3) is 0.0400. The number of amides is 2. The maximum absolute atomic E-state index is 12.8. The van der Waals surface area contributed by atoms with Gasteiger partial charge in [-0.25, -0.2) is 5.43 Å². The Morgan fingerprint density at radius 2 is 1.59 bits per heavy atom. The van der Waals surface area contributed by atoms with Gasteiger partial charge in [-0.3, -0.25) is 9.59 Å². The molecule has 158 valence electrons. The Hall–Kier alpha value is -4.70. The van der Waals surface area contributed by atoms with E-state index >= 15 is 0 Å². The summed E-state index contributed by atoms with van der Waals surface area (Å²) in [5.41, 5.74) is 4.79. The molecule has 0 atom stereocenters. The normalized spacial score (nSPS) is 10.9. The van der Waals surface area contributed by atoms with E-state index in [1.807, 2.05) is 6.07 Å². The number of carbonyl (C=O) groups excluding carboxylic acids is 2. The number of benzene rings is 3. The van der Waals surface area contributed by atoms with E-state index in [9.17, 15) is 9.59 Å². The van der Waals surface area contributed by atoms with Gasteiger partial charge in [0.1, 0.15) is 11.4 Å². The van der Waals surface area contributed by atoms with Crippen LogP contribution in [-0.2, 0) is 4.79 Å². The number of ether oxygens (including phenoxy) is 1. The molecule has 32 heavy (non-hydrogen) atoms. The van der Waals surface area contributed by atoms with Crippen LogP contribution in [0.15, 0.2) is 89.7 Å². The predicted molar refractivity (Wildman–Crippen MR) is 122 cm³/mol. The van der Waals surface area contributed by atoms with Crippen LogP contribution in [0.3, 0.4) is 0 Å². The molecule has 0 heterocycles. The summed E-state index contributed by atoms with van der Waals surface area (Å²) in [7, 11) is 1.57. The molecule has 0 unspecified atom stereocenters. The summed E-state index contributed by atoms with van der Waals surface area (Å²) >= 11 is 0. The predicted octanol–water partition coefficient (Wildman–Crippen LogP) is 3.49. The number of hydrogen-bond donors (Lipinski definition) is 2. The smallest absolute Gasteiger partial charge is 0.287 e. The van der Waals surface area contributed by atoms with E-state index in [-0.39, 0.29) is 5.70 Å². The van der Waals surface area contributed by atoms with Gasteiger partial charge < -0.3 is 10.1 Å². The van der Waals surface area contributed by atoms with Crippen LogP contribution in [0.4, 0.5) is 0 Å². The van der Waals surface area contributed by atoms with Crippen molar-refractivity contribution in [2.45, 2.75) is 0 Å². The van der Waals surface area contributed by atoms with Gasteiger partial charge in [-0.15, -0.1) is 0 Å². The standard InChI is InChI=1S/C25H20N4O3/c1-32-22-13-11-18(12-14-22)15-23(28-24(30)21-5-3-2-4-6-21)25(31)29-27-17-20-9-7-19(16-26)8-10-20/h2-15,17H,1H3,(H,28,30)(H,29,31). The van der Waals surface area contributed by atoms with Crippen molar-refractivity contribution in [1.29, 1.82) is 5.26 Å². The second kappa shape index (κ2) is 10.9. The van der Waals surface area contributed by atoms with Crippen molar-refractivity contribution >= 4 is 24.1 Å². The molecule has 0 aliphatic heterocycles. The molecule has 2 N–H and O–H groups in total. The first-order valence-corrected chi connectivity index (χ1v) is 9.65. The molecule has 0 saturated carbocycles. The average molecular weight is 424 g/mol. The minimum atomic E-state index is -0.588. The van der Waals surface area contributed by atoms with Crippen LogP contribution in [0.2, 0.25) is 0 Å². The maximum Gasteiger partial charge on any atom is 0.287 e. The highest BCUT2D eigenvalue weighted by Gasteiger charge is 2.14. The lowest BCUT2D eigenvalue weighted by molar-refractivity contribution is -0.117. The molecular weight excluding hydrogens is 404 g/mol. The van der Waals surface area contributed by atoms with Crippen LogP contribution in [0.1, 0.15) is 27.0 Å². The molecule has 0 radical (unpaired) electrons. The first-order chi connectivity index (χ1) is 15.6. The second-order valence-electron chi connectivity index (χ2n) is 6.58. The van der Waals surface area contributed by atoms with E-state index in [1.54, 1.807) is 92.0 Å². The molecule has 0 bridgehead atoms. The topological polar surface area (TPSA) is 104 Å². The molecular formula is C25H20N4O3. The van der Waals surface area contributed by atoms with Gasteiger partial charge in [0.2, 0.25) is 0 Å². The van der Waals surface area contributed by atoms with E-state index in [2.05, 4.69) is 15.8 Å². The van der Waals surface area contributed by atoms with Gasteiger partial charge in [0.05, 0.1) is 25.0 Å². The summed E-state index contributed by atoms with van der Waals surface area (Å²) < 4.78 is 5.15. The van der Waals surface area contributed by atoms with Gasteiger partial charge in [-0.2, -0.15) is 10.4 Å². The van der Waals surface area contributed by atoms with Gasteiger partial charge in [-0.05, 0) is 53.6 Å². The third-order valence-electron chi connectivity index (χ3n) is 4.38. The van der Waals surface area contributed by atoms with Crippen LogP contribution in [0.25, 0.3) is 6.08 Å². The van der Waals surface area contributed by atoms with Crippen molar-refractivity contribution in [2.75, 3.05) is 7.11 Å². The Kier molecular flexibility index (Phi) is 7.49. The van der Waals surface area contributed by atoms with E-state index < -0.39 is 11.8 Å². The zero-order valence-electron chi connectivity index (χ0n) is 17.3. The van der Waals surface area contributed by atoms with E-state index in [0.717, 1.165) is 0 Å². The van der Waals surface area contributed by atoms with Crippen molar-refractivity contribution in [2.24, 2.45) is 5.10 Å². The van der Waals surface area contributed by atoms with Gasteiger partial charge in [0.15, 0.2) is 0 Å². The molecule has 3 aromatic rings. The summed E-state index contributed by atoms with van der Waals surface area (Å²) in [4.78, 5) is 25.3. The number of nitrogens with one attached hydrogen (secondary N) is 2. The molecule has 0 saturated heterocycles. The Balaban J connectivity index is 1.78. The highest BCUT2D eigenvalue weighted by atomic mass is 16.5. The van der Waals surface area contributed by atoms with Gasteiger partial charge in [0, 0.05) is 5.56 Å². The summed E-state index contributed by atoms with van der Waals surface area (Å²) in [6.45, 7) is 0. The van der Waals surface area contributed by atoms with Crippen LogP contribution in [-0.4, -0.2) is 25.1 Å². The number of hydrogen-bond acceptors (Lipinski definition) is 5. The van der Waals surface area contributed by atoms with Crippen molar-refractivity contribution in [3.05, 3.63) is 107 Å². The largest absolute Gasteiger partial charge is 0.497 e. The molecule has 3 rings (SSSR count). The van der Waals surface area contributed by atoms with Crippen molar-refractivity contribution in [3.63, 3.8) is 0 Å². The molecule has 0 fully saturated rings. The third kappa shape index (κ3) is 6.15. The quantitative estimate of drug-likeness (QED) is 0.344. The molecule has 0 spiro atoms. The number of methoxy groups -OCH3 is 1. The number of carbonyl (C=O) groups is 2. The number of nitrogens with zero attached hydrogens (tertiary/aromatic N) is 2. The van der Waals surface area contributed by atoms with Gasteiger partial charge >= 0.3 is 0 Å². The van der Waals surface area contributed by atoms with E-state index in [0.29, 0.717) is 28.0 Å². The lowest BCUT2D eigenvalue weighted by atomic mass is 10.1. The Bertz CT molecular complexity index is 1180. The highest BCUT2D eigenvalue weighted by Crippen LogP contribution is 2.14. The first-order valence-electron chi connectivity index (χ1n) is 9.65. The van der Waals surface area contributed by atoms with Crippen LogP contribution >= 0.6 is 0 Å². The first kappa shape index (κ1) is 22.0. The fourth-order valence-corrected chi connectivity index (χ4v) is 2.68. The van der Waals surface area contributed by atoms with Gasteiger partial charge in [0.25, 0.3) is 11.8 Å². The minimum Gasteiger partial charge on any atom is -0.497 e. The Morgan fingerprint density at radius 1 is 0.938 bits per heavy atom. The third-order valence-corrected chi connectivity index (χ3v) is 4.38. The lowest BCUT2D eigenvalue weighted by Crippen LogP contribution is -2.32. The maximum atomic E-state index is 12.8. The van der Waals surface area contributed by atoms with Crippen LogP contribution < -0.4 is 15.5 Å². The monoisotopic (exact) mass is 424 g/mol. The molecule has 2 amide bonds. The fourth-order valence-electron chi connectivity index (χ4n) is 2.68. The minimum absolute atomic E-state index is 0.0287. The van der Waals surface area contributed by atoms with Crippen LogP contribution in [0, 0.1) is 11.3 Å². The van der Waals surface area contributed by atoms with Crippen LogP contribution in [0.5, 0.6) is 5.75 Å². The Labute approximate surface area is 185 Å². The number of nitriles is 1. The summed E-state index contributed by atoms with van der Waals surface area (Å²) in [5.74, 6) is -0.333. The Morgan fingerprint density at radius 3 is 2.22 bits per heavy atom. The lowest BCUT2D eigenvalue weighted by Gasteiger charge is -2.09. The van der Waals surface area contributed by atoms with Crippen molar-refractivity contribution < 1.29 is 14.3 Å². The zero-order chi connectivity index (χ0) is 22.8. The van der Waals surface area contributed by atoms with Crippen molar-refractivity contribution in [3.8, 4) is 11.8 Å². The molecule has 7 nitrogen and oxygen atoms in total.